The van der Waals surface area contributed by atoms with Crippen LogP contribution in [0.2, 0.25) is 0 Å². The summed E-state index contributed by atoms with van der Waals surface area (Å²) in [4.78, 5) is 37.3. The normalized spacial score (nSPS) is 48.4. The lowest BCUT2D eigenvalue weighted by Crippen LogP contribution is -2.69. The van der Waals surface area contributed by atoms with Gasteiger partial charge in [0.05, 0.1) is 6.10 Å². The molecule has 0 heterocycles. The predicted molar refractivity (Wildman–Crippen MR) is 116 cm³/mol. The van der Waals surface area contributed by atoms with Gasteiger partial charge in [-0.3, -0.25) is 14.4 Å². The molecule has 0 aromatic carbocycles. The number of alkyl halides is 1. The number of rotatable bonds is 2. The van der Waals surface area contributed by atoms with E-state index in [0.29, 0.717) is 19.3 Å². The number of allylic oxidation sites excluding steroid dienone is 4. The third-order valence-corrected chi connectivity index (χ3v) is 9.65. The predicted octanol–water partition coefficient (Wildman–Crippen LogP) is 3.79. The number of aliphatic hydroxyl groups is 1. The van der Waals surface area contributed by atoms with Crippen molar-refractivity contribution in [3.05, 3.63) is 23.8 Å². The molecule has 170 valence electrons. The number of hydrogen-bond donors (Lipinski definition) is 1. The summed E-state index contributed by atoms with van der Waals surface area (Å²) in [6.45, 7) is 6.83. The Bertz CT molecular complexity index is 914. The van der Waals surface area contributed by atoms with Gasteiger partial charge in [-0.15, -0.1) is 0 Å². The maximum atomic E-state index is 17.1. The van der Waals surface area contributed by atoms with E-state index in [1.807, 2.05) is 13.8 Å². The van der Waals surface area contributed by atoms with Gasteiger partial charge in [-0.25, -0.2) is 4.39 Å². The molecule has 7 heteroatoms. The highest BCUT2D eigenvalue weighted by molar-refractivity contribution is 8.13. The number of ether oxygens (including phenoxy) is 1. The molecule has 0 aromatic heterocycles. The van der Waals surface area contributed by atoms with E-state index >= 15 is 4.39 Å². The van der Waals surface area contributed by atoms with Crippen LogP contribution in [-0.2, 0) is 19.1 Å². The summed E-state index contributed by atoms with van der Waals surface area (Å²) in [6, 6.07) is 0. The number of carbonyl (C=O) groups excluding carboxylic acids is 3. The average Bonchev–Trinajstić information content (AvgIpc) is 2.90. The van der Waals surface area contributed by atoms with Crippen LogP contribution in [0.3, 0.4) is 0 Å². The summed E-state index contributed by atoms with van der Waals surface area (Å²) in [5.41, 5.74) is -4.61. The van der Waals surface area contributed by atoms with Crippen molar-refractivity contribution in [1.82, 2.24) is 0 Å². The molecule has 0 amide bonds. The number of carbonyl (C=O) groups is 3. The molecular formula is C24H31FO5S. The van der Waals surface area contributed by atoms with E-state index in [0.717, 1.165) is 17.3 Å². The highest BCUT2D eigenvalue weighted by atomic mass is 32.2. The average molecular weight is 451 g/mol. The fourth-order valence-electron chi connectivity index (χ4n) is 7.60. The minimum Gasteiger partial charge on any atom is -0.449 e. The Morgan fingerprint density at radius 1 is 1.29 bits per heavy atom. The first kappa shape index (κ1) is 22.7. The molecule has 5 nitrogen and oxygen atoms in total. The van der Waals surface area contributed by atoms with Crippen molar-refractivity contribution in [2.24, 2.45) is 28.6 Å². The van der Waals surface area contributed by atoms with Gasteiger partial charge < -0.3 is 9.84 Å². The number of esters is 1. The third kappa shape index (κ3) is 2.62. The lowest BCUT2D eigenvalue weighted by Gasteiger charge is -2.62. The lowest BCUT2D eigenvalue weighted by molar-refractivity contribution is -0.224. The van der Waals surface area contributed by atoms with Crippen LogP contribution in [-0.4, -0.2) is 45.6 Å². The van der Waals surface area contributed by atoms with Crippen LogP contribution in [0.4, 0.5) is 4.39 Å². The summed E-state index contributed by atoms with van der Waals surface area (Å²) in [7, 11) is 0. The van der Waals surface area contributed by atoms with Crippen LogP contribution in [0.5, 0.6) is 0 Å². The van der Waals surface area contributed by atoms with Crippen molar-refractivity contribution in [3.63, 3.8) is 0 Å². The molecular weight excluding hydrogens is 419 g/mol. The Labute approximate surface area is 186 Å². The number of ketones is 1. The van der Waals surface area contributed by atoms with E-state index in [4.69, 9.17) is 4.74 Å². The van der Waals surface area contributed by atoms with Crippen molar-refractivity contribution in [1.29, 1.82) is 0 Å². The van der Waals surface area contributed by atoms with Crippen molar-refractivity contribution >= 4 is 28.6 Å². The van der Waals surface area contributed by atoms with E-state index < -0.39 is 40.1 Å². The largest absolute Gasteiger partial charge is 0.449 e. The topological polar surface area (TPSA) is 80.7 Å². The van der Waals surface area contributed by atoms with E-state index in [1.165, 1.54) is 19.1 Å². The standard InChI is InChI=1S/C24H31FO5S/c1-13-10-18-17-7-6-15-11-16(27)8-9-21(15,3)23(17,25)19(28)12-22(18,4)24(13,20(29)31-5)30-14(2)26/h8-9,11,13,17-19,28H,6-7,10,12H2,1-5H3/t13-,17-,18-,19-,21-,22-,23-,24-/m0/s1. The second kappa shape index (κ2) is 7.01. The van der Waals surface area contributed by atoms with E-state index in [1.54, 1.807) is 19.3 Å². The molecule has 0 aliphatic heterocycles. The van der Waals surface area contributed by atoms with Gasteiger partial charge in [0.15, 0.2) is 17.1 Å². The molecule has 1 N–H and O–H groups in total. The molecule has 4 aliphatic rings. The number of thioether (sulfide) groups is 1. The van der Waals surface area contributed by atoms with Crippen LogP contribution >= 0.6 is 11.8 Å². The smallest absolute Gasteiger partial charge is 0.303 e. The number of fused-ring (bicyclic) bond motifs is 5. The van der Waals surface area contributed by atoms with Gasteiger partial charge >= 0.3 is 5.97 Å². The molecule has 31 heavy (non-hydrogen) atoms. The first-order chi connectivity index (χ1) is 14.4. The zero-order valence-electron chi connectivity index (χ0n) is 18.7. The molecule has 0 spiro atoms. The number of hydrogen-bond acceptors (Lipinski definition) is 6. The van der Waals surface area contributed by atoms with Crippen LogP contribution in [0.1, 0.15) is 53.4 Å². The van der Waals surface area contributed by atoms with Gasteiger partial charge in [0.2, 0.25) is 5.12 Å². The molecule has 0 bridgehead atoms. The molecule has 4 aliphatic carbocycles. The van der Waals surface area contributed by atoms with Crippen LogP contribution < -0.4 is 0 Å². The van der Waals surface area contributed by atoms with Crippen molar-refractivity contribution < 1.29 is 28.6 Å². The first-order valence-electron chi connectivity index (χ1n) is 11.0. The maximum absolute atomic E-state index is 17.1. The van der Waals surface area contributed by atoms with Crippen molar-refractivity contribution in [2.75, 3.05) is 6.26 Å². The summed E-state index contributed by atoms with van der Waals surface area (Å²) in [5.74, 6) is -1.75. The fraction of sp³-hybridized carbons (Fsp3) is 0.708. The Morgan fingerprint density at radius 2 is 1.97 bits per heavy atom. The summed E-state index contributed by atoms with van der Waals surface area (Å²) < 4.78 is 23.0. The first-order valence-corrected chi connectivity index (χ1v) is 12.2. The maximum Gasteiger partial charge on any atom is 0.303 e. The van der Waals surface area contributed by atoms with Gasteiger partial charge in [-0.2, -0.15) is 0 Å². The Morgan fingerprint density at radius 3 is 2.58 bits per heavy atom. The Balaban J connectivity index is 1.86. The molecule has 8 atom stereocenters. The quantitative estimate of drug-likeness (QED) is 0.645. The van der Waals surface area contributed by atoms with Gasteiger partial charge in [-0.1, -0.05) is 37.3 Å². The zero-order chi connectivity index (χ0) is 23.0. The monoisotopic (exact) mass is 450 g/mol. The fourth-order valence-corrected chi connectivity index (χ4v) is 8.38. The van der Waals surface area contributed by atoms with Gasteiger partial charge in [0.1, 0.15) is 0 Å². The summed E-state index contributed by atoms with van der Waals surface area (Å²) in [6.07, 6.45) is 6.42. The van der Waals surface area contributed by atoms with Crippen molar-refractivity contribution in [3.8, 4) is 0 Å². The third-order valence-electron chi connectivity index (χ3n) is 8.97. The van der Waals surface area contributed by atoms with Crippen LogP contribution in [0.25, 0.3) is 0 Å². The molecule has 0 unspecified atom stereocenters. The lowest BCUT2D eigenvalue weighted by atomic mass is 9.45. The molecule has 4 rings (SSSR count). The van der Waals surface area contributed by atoms with E-state index in [-0.39, 0.29) is 29.2 Å². The Kier molecular flexibility index (Phi) is 5.14. The van der Waals surface area contributed by atoms with Gasteiger partial charge in [0.25, 0.3) is 0 Å². The molecule has 3 fully saturated rings. The minimum atomic E-state index is -1.97. The zero-order valence-corrected chi connectivity index (χ0v) is 19.6. The second-order valence-corrected chi connectivity index (χ2v) is 11.0. The molecule has 0 radical (unpaired) electrons. The number of halogens is 1. The van der Waals surface area contributed by atoms with Crippen molar-refractivity contribution in [2.45, 2.75) is 70.8 Å². The van der Waals surface area contributed by atoms with Gasteiger partial charge in [-0.05, 0) is 56.9 Å². The highest BCUT2D eigenvalue weighted by Gasteiger charge is 2.77. The minimum absolute atomic E-state index is 0.0131. The summed E-state index contributed by atoms with van der Waals surface area (Å²) >= 11 is 1.02. The SMILES string of the molecule is CSC(=O)[C@@]1(OC(C)=O)[C@@H](C)C[C@H]2[C@@H]3CCC4=CC(=O)C=C[C@]4(C)[C@@]3(F)[C@@H](O)C[C@@]21C. The second-order valence-electron chi connectivity index (χ2n) is 10.2. The van der Waals surface area contributed by atoms with Gasteiger partial charge in [0, 0.05) is 29.6 Å². The summed E-state index contributed by atoms with van der Waals surface area (Å²) in [5, 5.41) is 11.1. The van der Waals surface area contributed by atoms with E-state index in [9.17, 15) is 19.5 Å². The molecule has 3 saturated carbocycles. The highest BCUT2D eigenvalue weighted by Crippen LogP contribution is 2.71. The van der Waals surface area contributed by atoms with Crippen LogP contribution in [0.15, 0.2) is 23.8 Å². The molecule has 0 aromatic rings. The van der Waals surface area contributed by atoms with E-state index in [2.05, 4.69) is 0 Å². The number of aliphatic hydroxyl groups excluding tert-OH is 1. The Hall–Kier alpha value is -1.47. The van der Waals surface area contributed by atoms with Crippen LogP contribution in [0, 0.1) is 28.6 Å². The molecule has 0 saturated heterocycles.